The molecule has 0 N–H and O–H groups in total. The average molecular weight is 488 g/mol. The third-order valence-corrected chi connectivity index (χ3v) is 6.87. The molecule has 7 heteroatoms. The number of nitrogens with zero attached hydrogens (tertiary/aromatic N) is 3. The Morgan fingerprint density at radius 2 is 1.67 bits per heavy atom. The molecule has 3 aromatic rings. The van der Waals surface area contributed by atoms with E-state index in [0.717, 1.165) is 49.7 Å². The van der Waals surface area contributed by atoms with Crippen LogP contribution < -0.4 is 9.64 Å². The van der Waals surface area contributed by atoms with Gasteiger partial charge in [-0.05, 0) is 49.2 Å². The minimum absolute atomic E-state index is 0.224. The van der Waals surface area contributed by atoms with E-state index in [-0.39, 0.29) is 24.2 Å². The summed E-state index contributed by atoms with van der Waals surface area (Å²) in [7, 11) is 0. The molecule has 36 heavy (non-hydrogen) atoms. The lowest BCUT2D eigenvalue weighted by Crippen LogP contribution is -2.46. The molecule has 0 atom stereocenters. The van der Waals surface area contributed by atoms with Crippen LogP contribution in [-0.4, -0.2) is 60.9 Å². The number of carbonyl (C=O) groups excluding carboxylic acids is 2. The van der Waals surface area contributed by atoms with Crippen LogP contribution in [0.5, 0.6) is 5.75 Å². The number of hydrogen-bond donors (Lipinski definition) is 0. The molecule has 186 valence electrons. The van der Waals surface area contributed by atoms with Gasteiger partial charge in [0.1, 0.15) is 11.6 Å². The van der Waals surface area contributed by atoms with Crippen LogP contribution in [0.4, 0.5) is 10.1 Å². The quantitative estimate of drug-likeness (QED) is 0.442. The average Bonchev–Trinajstić information content (AvgIpc) is 3.14. The third-order valence-electron chi connectivity index (χ3n) is 6.87. The van der Waals surface area contributed by atoms with E-state index in [0.29, 0.717) is 24.2 Å². The first kappa shape index (κ1) is 24.0. The number of carbonyl (C=O) groups is 2. The van der Waals surface area contributed by atoms with Crippen molar-refractivity contribution in [1.82, 2.24) is 9.80 Å². The van der Waals surface area contributed by atoms with Crippen molar-refractivity contribution in [2.75, 3.05) is 44.2 Å². The molecule has 0 aliphatic carbocycles. The second-order valence-electron chi connectivity index (χ2n) is 9.15. The Morgan fingerprint density at radius 3 is 2.44 bits per heavy atom. The minimum Gasteiger partial charge on any atom is -0.494 e. The summed E-state index contributed by atoms with van der Waals surface area (Å²) in [5, 5.41) is 0. The largest absolute Gasteiger partial charge is 0.494 e. The summed E-state index contributed by atoms with van der Waals surface area (Å²) in [5.74, 6) is 0.0536. The van der Waals surface area contributed by atoms with Crippen molar-refractivity contribution in [3.8, 4) is 5.75 Å². The van der Waals surface area contributed by atoms with E-state index in [1.807, 2.05) is 37.3 Å². The van der Waals surface area contributed by atoms with Crippen LogP contribution in [0, 0.1) is 5.82 Å². The molecule has 2 aliphatic heterocycles. The molecule has 2 heterocycles. The minimum atomic E-state index is -0.322. The van der Waals surface area contributed by atoms with E-state index in [1.165, 1.54) is 22.6 Å². The molecular weight excluding hydrogens is 457 g/mol. The van der Waals surface area contributed by atoms with Crippen molar-refractivity contribution >= 4 is 17.5 Å². The van der Waals surface area contributed by atoms with Gasteiger partial charge in [-0.25, -0.2) is 4.39 Å². The Bertz CT molecular complexity index is 1270. The number of halogens is 1. The van der Waals surface area contributed by atoms with E-state index in [4.69, 9.17) is 4.74 Å². The van der Waals surface area contributed by atoms with Gasteiger partial charge in [0.25, 0.3) is 11.8 Å². The molecule has 2 amide bonds. The zero-order valence-corrected chi connectivity index (χ0v) is 20.5. The summed E-state index contributed by atoms with van der Waals surface area (Å²) in [6, 6.07) is 19.9. The second kappa shape index (κ2) is 10.5. The predicted molar refractivity (Wildman–Crippen MR) is 137 cm³/mol. The van der Waals surface area contributed by atoms with Crippen LogP contribution in [0.1, 0.15) is 38.8 Å². The Balaban J connectivity index is 1.26. The maximum atomic E-state index is 13.5. The molecule has 5 rings (SSSR count). The molecule has 0 aromatic heterocycles. The standard InChI is InChI=1S/C29H30FN3O3/c1-2-36-26-12-4-3-8-22(26)20-31-15-17-32(18-16-31)25-11-6-10-24-27(25)29(35)33(28(24)34)14-13-21-7-5-9-23(30)19-21/h3-12,19H,2,13-18,20H2,1H3. The van der Waals surface area contributed by atoms with Crippen LogP contribution in [0.25, 0.3) is 0 Å². The summed E-state index contributed by atoms with van der Waals surface area (Å²) in [4.78, 5) is 32.3. The van der Waals surface area contributed by atoms with Gasteiger partial charge in [-0.1, -0.05) is 36.4 Å². The lowest BCUT2D eigenvalue weighted by molar-refractivity contribution is 0.0656. The number of anilines is 1. The molecule has 0 radical (unpaired) electrons. The van der Waals surface area contributed by atoms with Crippen molar-refractivity contribution in [2.45, 2.75) is 19.9 Å². The maximum absolute atomic E-state index is 13.5. The van der Waals surface area contributed by atoms with Crippen LogP contribution in [0.15, 0.2) is 66.7 Å². The first-order valence-corrected chi connectivity index (χ1v) is 12.5. The van der Waals surface area contributed by atoms with Crippen LogP contribution in [0.3, 0.4) is 0 Å². The highest BCUT2D eigenvalue weighted by molar-refractivity contribution is 6.23. The zero-order chi connectivity index (χ0) is 25.1. The molecular formula is C29H30FN3O3. The maximum Gasteiger partial charge on any atom is 0.263 e. The van der Waals surface area contributed by atoms with E-state index in [2.05, 4.69) is 15.9 Å². The summed E-state index contributed by atoms with van der Waals surface area (Å²) in [5.41, 5.74) is 3.67. The molecule has 2 aliphatic rings. The van der Waals surface area contributed by atoms with Gasteiger partial charge in [0.05, 0.1) is 23.4 Å². The van der Waals surface area contributed by atoms with Gasteiger partial charge >= 0.3 is 0 Å². The SMILES string of the molecule is CCOc1ccccc1CN1CCN(c2cccc3c2C(=O)N(CCc2cccc(F)c2)C3=O)CC1. The van der Waals surface area contributed by atoms with Crippen molar-refractivity contribution in [3.05, 3.63) is 94.8 Å². The van der Waals surface area contributed by atoms with Crippen LogP contribution in [-0.2, 0) is 13.0 Å². The van der Waals surface area contributed by atoms with Crippen molar-refractivity contribution in [3.63, 3.8) is 0 Å². The predicted octanol–water partition coefficient (Wildman–Crippen LogP) is 4.39. The topological polar surface area (TPSA) is 53.1 Å². The zero-order valence-electron chi connectivity index (χ0n) is 20.5. The Morgan fingerprint density at radius 1 is 0.889 bits per heavy atom. The number of ether oxygens (including phenoxy) is 1. The molecule has 0 bridgehead atoms. The summed E-state index contributed by atoms with van der Waals surface area (Å²) in [6.07, 6.45) is 0.417. The number of rotatable bonds is 8. The molecule has 6 nitrogen and oxygen atoms in total. The Hall–Kier alpha value is -3.71. The normalized spacial score (nSPS) is 15.9. The number of fused-ring (bicyclic) bond motifs is 1. The summed E-state index contributed by atoms with van der Waals surface area (Å²) in [6.45, 7) is 6.87. The number of hydrogen-bond acceptors (Lipinski definition) is 5. The number of imide groups is 1. The lowest BCUT2D eigenvalue weighted by atomic mass is 10.1. The fourth-order valence-corrected chi connectivity index (χ4v) is 5.03. The second-order valence-corrected chi connectivity index (χ2v) is 9.15. The van der Waals surface area contributed by atoms with E-state index >= 15 is 0 Å². The highest BCUT2D eigenvalue weighted by Crippen LogP contribution is 2.33. The first-order chi connectivity index (χ1) is 17.5. The van der Waals surface area contributed by atoms with Gasteiger partial charge in [-0.15, -0.1) is 0 Å². The Labute approximate surface area is 210 Å². The fraction of sp³-hybridized carbons (Fsp3) is 0.310. The molecule has 1 saturated heterocycles. The number of amides is 2. The lowest BCUT2D eigenvalue weighted by Gasteiger charge is -2.37. The third kappa shape index (κ3) is 4.84. The fourth-order valence-electron chi connectivity index (χ4n) is 5.03. The van der Waals surface area contributed by atoms with Crippen molar-refractivity contribution in [2.24, 2.45) is 0 Å². The number of para-hydroxylation sites is 1. The highest BCUT2D eigenvalue weighted by Gasteiger charge is 2.38. The summed E-state index contributed by atoms with van der Waals surface area (Å²) < 4.78 is 19.3. The molecule has 0 saturated carbocycles. The smallest absolute Gasteiger partial charge is 0.263 e. The Kier molecular flexibility index (Phi) is 7.00. The number of benzene rings is 3. The van der Waals surface area contributed by atoms with Crippen molar-refractivity contribution in [1.29, 1.82) is 0 Å². The van der Waals surface area contributed by atoms with Crippen molar-refractivity contribution < 1.29 is 18.7 Å². The summed E-state index contributed by atoms with van der Waals surface area (Å²) >= 11 is 0. The molecule has 0 spiro atoms. The van der Waals surface area contributed by atoms with Gasteiger partial charge < -0.3 is 9.64 Å². The monoisotopic (exact) mass is 487 g/mol. The molecule has 1 fully saturated rings. The first-order valence-electron chi connectivity index (χ1n) is 12.5. The molecule has 0 unspecified atom stereocenters. The van der Waals surface area contributed by atoms with E-state index in [1.54, 1.807) is 18.2 Å². The van der Waals surface area contributed by atoms with E-state index < -0.39 is 0 Å². The highest BCUT2D eigenvalue weighted by atomic mass is 19.1. The van der Waals surface area contributed by atoms with Crippen LogP contribution >= 0.6 is 0 Å². The number of piperazine rings is 1. The van der Waals surface area contributed by atoms with Gasteiger partial charge in [0, 0.05) is 44.8 Å². The van der Waals surface area contributed by atoms with Gasteiger partial charge in [-0.2, -0.15) is 0 Å². The van der Waals surface area contributed by atoms with Gasteiger partial charge in [-0.3, -0.25) is 19.4 Å². The van der Waals surface area contributed by atoms with E-state index in [9.17, 15) is 14.0 Å². The van der Waals surface area contributed by atoms with Crippen LogP contribution in [0.2, 0.25) is 0 Å². The van der Waals surface area contributed by atoms with Gasteiger partial charge in [0.2, 0.25) is 0 Å². The molecule has 3 aromatic carbocycles. The van der Waals surface area contributed by atoms with Gasteiger partial charge in [0.15, 0.2) is 0 Å².